The summed E-state index contributed by atoms with van der Waals surface area (Å²) in [4.78, 5) is 25.4. The second-order valence-electron chi connectivity index (χ2n) is 7.27. The number of nitrogens with one attached hydrogen (secondary N) is 1. The third kappa shape index (κ3) is 3.05. The molecule has 1 aromatic carbocycles. The lowest BCUT2D eigenvalue weighted by Crippen LogP contribution is -2.39. The van der Waals surface area contributed by atoms with Crippen molar-refractivity contribution in [2.75, 3.05) is 26.7 Å². The van der Waals surface area contributed by atoms with E-state index >= 15 is 0 Å². The van der Waals surface area contributed by atoms with Gasteiger partial charge in [0.15, 0.2) is 0 Å². The molecule has 1 aliphatic carbocycles. The van der Waals surface area contributed by atoms with Gasteiger partial charge in [0.2, 0.25) is 10.0 Å². The molecule has 9 heteroatoms. The largest absolute Gasteiger partial charge is 0.439 e. The van der Waals surface area contributed by atoms with E-state index in [1.54, 1.807) is 19.2 Å². The van der Waals surface area contributed by atoms with E-state index in [1.165, 1.54) is 21.3 Å². The van der Waals surface area contributed by atoms with E-state index in [4.69, 9.17) is 4.74 Å². The standard InChI is InChI=1S/C17H21N3O5S/c1-19-10-17(25-16(19)22)7-8-20(11-17)26(23,24)14-4-2-3-12(9-14)15(21)18-13-5-6-13/h2-4,9,13H,5-8,10-11H2,1H3,(H,18,21)/t17-/m0/s1. The van der Waals surface area contributed by atoms with Crippen LogP contribution in [0.1, 0.15) is 29.6 Å². The van der Waals surface area contributed by atoms with Crippen LogP contribution in [0.25, 0.3) is 0 Å². The van der Waals surface area contributed by atoms with Gasteiger partial charge in [0.25, 0.3) is 5.91 Å². The summed E-state index contributed by atoms with van der Waals surface area (Å²) in [5.74, 6) is -0.256. The molecule has 2 aliphatic heterocycles. The Bertz CT molecular complexity index is 867. The van der Waals surface area contributed by atoms with Crippen molar-refractivity contribution in [3.05, 3.63) is 29.8 Å². The summed E-state index contributed by atoms with van der Waals surface area (Å²) < 4.78 is 32.7. The van der Waals surface area contributed by atoms with E-state index in [2.05, 4.69) is 5.32 Å². The van der Waals surface area contributed by atoms with Crippen LogP contribution >= 0.6 is 0 Å². The predicted octanol–water partition coefficient (Wildman–Crippen LogP) is 0.794. The molecule has 3 aliphatic rings. The van der Waals surface area contributed by atoms with Crippen LogP contribution in [0.4, 0.5) is 4.79 Å². The molecule has 26 heavy (non-hydrogen) atoms. The fourth-order valence-corrected chi connectivity index (χ4v) is 5.02. The molecule has 2 amide bonds. The number of amides is 2. The highest BCUT2D eigenvalue weighted by molar-refractivity contribution is 7.89. The zero-order valence-electron chi connectivity index (χ0n) is 14.5. The number of carbonyl (C=O) groups excluding carboxylic acids is 2. The summed E-state index contributed by atoms with van der Waals surface area (Å²) in [6, 6.07) is 6.28. The Hall–Kier alpha value is -2.13. The average molecular weight is 379 g/mol. The van der Waals surface area contributed by atoms with Gasteiger partial charge in [-0.2, -0.15) is 4.31 Å². The van der Waals surface area contributed by atoms with Gasteiger partial charge in [-0.15, -0.1) is 0 Å². The van der Waals surface area contributed by atoms with E-state index in [0.717, 1.165) is 12.8 Å². The monoisotopic (exact) mass is 379 g/mol. The highest BCUT2D eigenvalue weighted by Crippen LogP contribution is 2.34. The van der Waals surface area contributed by atoms with Crippen molar-refractivity contribution in [1.29, 1.82) is 0 Å². The number of rotatable bonds is 4. The summed E-state index contributed by atoms with van der Waals surface area (Å²) in [6.07, 6.45) is 1.96. The van der Waals surface area contributed by atoms with Gasteiger partial charge >= 0.3 is 6.09 Å². The lowest BCUT2D eigenvalue weighted by atomic mass is 10.0. The average Bonchev–Trinajstić information content (AvgIpc) is 3.25. The minimum Gasteiger partial charge on any atom is -0.439 e. The molecule has 4 rings (SSSR count). The van der Waals surface area contributed by atoms with Gasteiger partial charge in [-0.25, -0.2) is 13.2 Å². The second kappa shape index (κ2) is 5.95. The van der Waals surface area contributed by atoms with Crippen LogP contribution in [0.5, 0.6) is 0 Å². The molecular formula is C17H21N3O5S. The van der Waals surface area contributed by atoms with Gasteiger partial charge < -0.3 is 15.0 Å². The van der Waals surface area contributed by atoms with Crippen LogP contribution in [0, 0.1) is 0 Å². The van der Waals surface area contributed by atoms with E-state index in [1.807, 2.05) is 0 Å². The van der Waals surface area contributed by atoms with E-state index < -0.39 is 21.7 Å². The van der Waals surface area contributed by atoms with Crippen LogP contribution in [-0.4, -0.2) is 67.9 Å². The first kappa shape index (κ1) is 17.3. The Balaban J connectivity index is 1.53. The summed E-state index contributed by atoms with van der Waals surface area (Å²) in [6.45, 7) is 0.785. The number of likely N-dealkylation sites (N-methyl/N-ethyl adjacent to an activating group) is 1. The Morgan fingerprint density at radius 3 is 2.73 bits per heavy atom. The molecule has 1 atom stereocenters. The molecule has 140 valence electrons. The van der Waals surface area contributed by atoms with Crippen LogP contribution < -0.4 is 5.32 Å². The Kier molecular flexibility index (Phi) is 3.96. The maximum Gasteiger partial charge on any atom is 0.410 e. The highest BCUT2D eigenvalue weighted by Gasteiger charge is 2.51. The molecular weight excluding hydrogens is 358 g/mol. The van der Waals surface area contributed by atoms with Crippen molar-refractivity contribution in [3.63, 3.8) is 0 Å². The lowest BCUT2D eigenvalue weighted by Gasteiger charge is -2.21. The first-order valence-corrected chi connectivity index (χ1v) is 10.1. The predicted molar refractivity (Wildman–Crippen MR) is 92.1 cm³/mol. The Morgan fingerprint density at radius 1 is 1.31 bits per heavy atom. The van der Waals surface area contributed by atoms with Crippen molar-refractivity contribution in [2.45, 2.75) is 35.8 Å². The van der Waals surface area contributed by atoms with Crippen LogP contribution in [0.3, 0.4) is 0 Å². The van der Waals surface area contributed by atoms with Crippen molar-refractivity contribution in [1.82, 2.24) is 14.5 Å². The SMILES string of the molecule is CN1C[C@]2(CCN(S(=O)(=O)c3cccc(C(=O)NC4CC4)c3)C2)OC1=O. The third-order valence-corrected chi connectivity index (χ3v) is 6.91. The van der Waals surface area contributed by atoms with Crippen molar-refractivity contribution in [2.24, 2.45) is 0 Å². The quantitative estimate of drug-likeness (QED) is 0.835. The minimum atomic E-state index is -3.76. The number of sulfonamides is 1. The molecule has 8 nitrogen and oxygen atoms in total. The molecule has 0 bridgehead atoms. The zero-order valence-corrected chi connectivity index (χ0v) is 15.3. The Morgan fingerprint density at radius 2 is 2.08 bits per heavy atom. The first-order chi connectivity index (χ1) is 12.3. The topological polar surface area (TPSA) is 96.0 Å². The minimum absolute atomic E-state index is 0.0793. The zero-order chi connectivity index (χ0) is 18.5. The van der Waals surface area contributed by atoms with Crippen LogP contribution in [0.2, 0.25) is 0 Å². The van der Waals surface area contributed by atoms with E-state index in [0.29, 0.717) is 18.5 Å². The molecule has 1 N–H and O–H groups in total. The second-order valence-corrected chi connectivity index (χ2v) is 9.21. The van der Waals surface area contributed by atoms with Gasteiger partial charge in [-0.1, -0.05) is 6.07 Å². The van der Waals surface area contributed by atoms with Crippen LogP contribution in [0.15, 0.2) is 29.2 Å². The molecule has 3 fully saturated rings. The molecule has 0 unspecified atom stereocenters. The van der Waals surface area contributed by atoms with Crippen molar-refractivity contribution in [3.8, 4) is 0 Å². The normalized spacial score (nSPS) is 26.3. The molecule has 2 saturated heterocycles. The molecule has 2 heterocycles. The molecule has 1 aromatic rings. The molecule has 1 spiro atoms. The van der Waals surface area contributed by atoms with Gasteiger partial charge in [0.1, 0.15) is 5.60 Å². The summed E-state index contributed by atoms with van der Waals surface area (Å²) in [5, 5.41) is 2.86. The molecule has 0 radical (unpaired) electrons. The van der Waals surface area contributed by atoms with Crippen LogP contribution in [-0.2, 0) is 14.8 Å². The lowest BCUT2D eigenvalue weighted by molar-refractivity contribution is 0.0687. The number of ether oxygens (including phenoxy) is 1. The van der Waals surface area contributed by atoms with E-state index in [-0.39, 0.29) is 29.9 Å². The number of nitrogens with zero attached hydrogens (tertiary/aromatic N) is 2. The summed E-state index contributed by atoms with van der Waals surface area (Å²) in [7, 11) is -2.13. The third-order valence-electron chi connectivity index (χ3n) is 5.07. The number of carbonyl (C=O) groups is 2. The van der Waals surface area contributed by atoms with Gasteiger partial charge in [-0.05, 0) is 31.0 Å². The van der Waals surface area contributed by atoms with Crippen molar-refractivity contribution >= 4 is 22.0 Å². The number of hydrogen-bond donors (Lipinski definition) is 1. The Labute approximate surface area is 152 Å². The summed E-state index contributed by atoms with van der Waals surface area (Å²) >= 11 is 0. The van der Waals surface area contributed by atoms with E-state index in [9.17, 15) is 18.0 Å². The van der Waals surface area contributed by atoms with Gasteiger partial charge in [0, 0.05) is 31.6 Å². The maximum atomic E-state index is 13.0. The van der Waals surface area contributed by atoms with Gasteiger partial charge in [0.05, 0.1) is 18.0 Å². The first-order valence-electron chi connectivity index (χ1n) is 8.64. The fraction of sp³-hybridized carbons (Fsp3) is 0.529. The van der Waals surface area contributed by atoms with Gasteiger partial charge in [-0.3, -0.25) is 4.79 Å². The smallest absolute Gasteiger partial charge is 0.410 e. The highest BCUT2D eigenvalue weighted by atomic mass is 32.2. The fourth-order valence-electron chi connectivity index (χ4n) is 3.46. The van der Waals surface area contributed by atoms with Crippen molar-refractivity contribution < 1.29 is 22.7 Å². The molecule has 0 aromatic heterocycles. The molecule has 1 saturated carbocycles. The number of benzene rings is 1. The maximum absolute atomic E-state index is 13.0. The number of hydrogen-bond acceptors (Lipinski definition) is 5. The summed E-state index contributed by atoms with van der Waals surface area (Å²) in [5.41, 5.74) is -0.446.